The lowest BCUT2D eigenvalue weighted by Gasteiger charge is -2.35. The number of rotatable bonds is 10. The molecule has 0 saturated heterocycles. The van der Waals surface area contributed by atoms with Gasteiger partial charge in [0.1, 0.15) is 11.3 Å². The van der Waals surface area contributed by atoms with E-state index < -0.39 is 17.4 Å². The Bertz CT molecular complexity index is 1600. The van der Waals surface area contributed by atoms with Crippen LogP contribution in [0, 0.1) is 20.8 Å². The van der Waals surface area contributed by atoms with Crippen molar-refractivity contribution in [3.8, 4) is 16.9 Å². The Kier molecular flexibility index (Phi) is 7.72. The molecule has 0 spiro atoms. The molecule has 0 aliphatic heterocycles. The highest BCUT2D eigenvalue weighted by Crippen LogP contribution is 2.57. The van der Waals surface area contributed by atoms with Gasteiger partial charge in [-0.25, -0.2) is 9.59 Å². The standard InChI is InChI=1S/C36H36O5/c1-5-6-7-8-17-41-33-16-13-26(21-30(33)35(39)40)36(25-12-11-24(4)29(20-25)34(37)38)31-18-22(2)9-14-27(31)28-15-10-23(3)19-32(28)36/h9-16,18-21H,5-8,17H2,1-4H3,(H,37,38)(H,39,40). The first-order valence-corrected chi connectivity index (χ1v) is 14.3. The topological polar surface area (TPSA) is 83.8 Å². The first-order chi connectivity index (χ1) is 19.7. The summed E-state index contributed by atoms with van der Waals surface area (Å²) in [5, 5.41) is 20.4. The lowest BCUT2D eigenvalue weighted by atomic mass is 9.66. The van der Waals surface area contributed by atoms with Gasteiger partial charge in [-0.1, -0.05) is 91.9 Å². The van der Waals surface area contributed by atoms with Crippen LogP contribution in [-0.2, 0) is 5.41 Å². The molecule has 2 N–H and O–H groups in total. The van der Waals surface area contributed by atoms with E-state index in [1.165, 1.54) is 0 Å². The number of hydrogen-bond acceptors (Lipinski definition) is 3. The lowest BCUT2D eigenvalue weighted by Crippen LogP contribution is -2.29. The summed E-state index contributed by atoms with van der Waals surface area (Å²) in [4.78, 5) is 24.9. The number of unbranched alkanes of at least 4 members (excludes halogenated alkanes) is 3. The average molecular weight is 549 g/mol. The third kappa shape index (κ3) is 4.90. The zero-order chi connectivity index (χ0) is 29.3. The van der Waals surface area contributed by atoms with Crippen LogP contribution in [0.25, 0.3) is 11.1 Å². The van der Waals surface area contributed by atoms with E-state index in [4.69, 9.17) is 4.74 Å². The zero-order valence-corrected chi connectivity index (χ0v) is 24.1. The Morgan fingerprint density at radius 1 is 0.683 bits per heavy atom. The van der Waals surface area contributed by atoms with E-state index in [2.05, 4.69) is 43.3 Å². The van der Waals surface area contributed by atoms with Crippen molar-refractivity contribution in [1.82, 2.24) is 0 Å². The molecule has 0 heterocycles. The quantitative estimate of drug-likeness (QED) is 0.171. The Labute approximate surface area is 241 Å². The fraction of sp³-hybridized carbons (Fsp3) is 0.278. The monoisotopic (exact) mass is 548 g/mol. The summed E-state index contributed by atoms with van der Waals surface area (Å²) in [7, 11) is 0. The molecule has 4 aromatic carbocycles. The lowest BCUT2D eigenvalue weighted by molar-refractivity contribution is 0.0683. The minimum Gasteiger partial charge on any atom is -0.493 e. The van der Waals surface area contributed by atoms with Crippen LogP contribution >= 0.6 is 0 Å². The smallest absolute Gasteiger partial charge is 0.339 e. The number of carboxylic acid groups (broad SMARTS) is 2. The number of aryl methyl sites for hydroxylation is 3. The molecule has 5 nitrogen and oxygen atoms in total. The molecule has 1 aliphatic rings. The van der Waals surface area contributed by atoms with Gasteiger partial charge in [0.15, 0.2) is 0 Å². The molecule has 0 aromatic heterocycles. The van der Waals surface area contributed by atoms with Gasteiger partial charge in [0.05, 0.1) is 17.6 Å². The number of aromatic carboxylic acids is 2. The van der Waals surface area contributed by atoms with Crippen molar-refractivity contribution in [3.63, 3.8) is 0 Å². The molecule has 5 rings (SSSR count). The highest BCUT2D eigenvalue weighted by Gasteiger charge is 2.47. The van der Waals surface area contributed by atoms with Gasteiger partial charge in [-0.2, -0.15) is 0 Å². The summed E-state index contributed by atoms with van der Waals surface area (Å²) >= 11 is 0. The summed E-state index contributed by atoms with van der Waals surface area (Å²) < 4.78 is 5.99. The Balaban J connectivity index is 1.81. The molecule has 4 aromatic rings. The van der Waals surface area contributed by atoms with Crippen LogP contribution < -0.4 is 4.74 Å². The maximum absolute atomic E-state index is 12.6. The van der Waals surface area contributed by atoms with Crippen LogP contribution in [0.15, 0.2) is 72.8 Å². The largest absolute Gasteiger partial charge is 0.493 e. The van der Waals surface area contributed by atoms with E-state index in [9.17, 15) is 19.8 Å². The second kappa shape index (κ2) is 11.2. The first-order valence-electron chi connectivity index (χ1n) is 14.3. The maximum Gasteiger partial charge on any atom is 0.339 e. The summed E-state index contributed by atoms with van der Waals surface area (Å²) in [6.45, 7) is 8.47. The van der Waals surface area contributed by atoms with E-state index in [0.29, 0.717) is 17.9 Å². The van der Waals surface area contributed by atoms with Crippen molar-refractivity contribution < 1.29 is 24.5 Å². The average Bonchev–Trinajstić information content (AvgIpc) is 3.22. The number of carboxylic acids is 2. The molecule has 0 bridgehead atoms. The number of ether oxygens (including phenoxy) is 1. The van der Waals surface area contributed by atoms with Gasteiger partial charge in [0, 0.05) is 0 Å². The number of hydrogen-bond donors (Lipinski definition) is 2. The van der Waals surface area contributed by atoms with E-state index >= 15 is 0 Å². The van der Waals surface area contributed by atoms with Crippen molar-refractivity contribution in [2.24, 2.45) is 0 Å². The predicted octanol–water partition coefficient (Wildman–Crippen LogP) is 8.33. The fourth-order valence-electron chi connectivity index (χ4n) is 6.19. The molecule has 0 radical (unpaired) electrons. The fourth-order valence-corrected chi connectivity index (χ4v) is 6.19. The highest BCUT2D eigenvalue weighted by atomic mass is 16.5. The number of fused-ring (bicyclic) bond motifs is 3. The van der Waals surface area contributed by atoms with Gasteiger partial charge in [-0.05, 0) is 84.3 Å². The third-order valence-electron chi connectivity index (χ3n) is 8.25. The van der Waals surface area contributed by atoms with Gasteiger partial charge in [0.25, 0.3) is 0 Å². The van der Waals surface area contributed by atoms with Crippen molar-refractivity contribution in [3.05, 3.63) is 123 Å². The van der Waals surface area contributed by atoms with E-state index in [1.54, 1.807) is 25.1 Å². The molecule has 0 atom stereocenters. The molecule has 41 heavy (non-hydrogen) atoms. The van der Waals surface area contributed by atoms with Crippen LogP contribution in [0.4, 0.5) is 0 Å². The van der Waals surface area contributed by atoms with Gasteiger partial charge < -0.3 is 14.9 Å². The molecular weight excluding hydrogens is 512 g/mol. The van der Waals surface area contributed by atoms with E-state index in [1.807, 2.05) is 32.0 Å². The second-order valence-electron chi connectivity index (χ2n) is 11.1. The third-order valence-corrected chi connectivity index (χ3v) is 8.25. The number of benzene rings is 4. The molecule has 0 fully saturated rings. The van der Waals surface area contributed by atoms with Gasteiger partial charge in [0.2, 0.25) is 0 Å². The van der Waals surface area contributed by atoms with Crippen LogP contribution in [0.5, 0.6) is 5.75 Å². The molecule has 0 saturated carbocycles. The van der Waals surface area contributed by atoms with Crippen LogP contribution in [0.3, 0.4) is 0 Å². The van der Waals surface area contributed by atoms with Crippen molar-refractivity contribution in [2.45, 2.75) is 58.8 Å². The van der Waals surface area contributed by atoms with E-state index in [-0.39, 0.29) is 11.1 Å². The highest BCUT2D eigenvalue weighted by molar-refractivity contribution is 5.94. The van der Waals surface area contributed by atoms with Crippen LogP contribution in [0.1, 0.15) is 92.3 Å². The van der Waals surface area contributed by atoms with Crippen molar-refractivity contribution in [1.29, 1.82) is 0 Å². The molecular formula is C36H36O5. The van der Waals surface area contributed by atoms with Gasteiger partial charge in [-0.3, -0.25) is 0 Å². The Morgan fingerprint density at radius 2 is 1.24 bits per heavy atom. The second-order valence-corrected chi connectivity index (χ2v) is 11.1. The summed E-state index contributed by atoms with van der Waals surface area (Å²) in [5.41, 5.74) is 7.83. The van der Waals surface area contributed by atoms with Crippen LogP contribution in [0.2, 0.25) is 0 Å². The Morgan fingerprint density at radius 3 is 1.80 bits per heavy atom. The van der Waals surface area contributed by atoms with Crippen molar-refractivity contribution >= 4 is 11.9 Å². The minimum absolute atomic E-state index is 0.0956. The van der Waals surface area contributed by atoms with Crippen LogP contribution in [-0.4, -0.2) is 28.8 Å². The molecule has 1 aliphatic carbocycles. The normalized spacial score (nSPS) is 13.0. The molecule has 5 heteroatoms. The zero-order valence-electron chi connectivity index (χ0n) is 24.1. The molecule has 0 amide bonds. The molecule has 210 valence electrons. The van der Waals surface area contributed by atoms with Gasteiger partial charge in [-0.15, -0.1) is 0 Å². The van der Waals surface area contributed by atoms with Gasteiger partial charge >= 0.3 is 11.9 Å². The first kappa shape index (κ1) is 28.2. The van der Waals surface area contributed by atoms with E-state index in [0.717, 1.165) is 70.2 Å². The summed E-state index contributed by atoms with van der Waals surface area (Å²) in [5.74, 6) is -1.72. The molecule has 0 unspecified atom stereocenters. The summed E-state index contributed by atoms with van der Waals surface area (Å²) in [6.07, 6.45) is 4.12. The number of carbonyl (C=O) groups is 2. The maximum atomic E-state index is 12.6. The summed E-state index contributed by atoms with van der Waals surface area (Å²) in [6, 6.07) is 23.6. The minimum atomic E-state index is -1.06. The Hall–Kier alpha value is -4.38. The SMILES string of the molecule is CCCCCCOc1ccc(C2(c3ccc(C)c(C(=O)O)c3)c3cc(C)ccc3-c3ccc(C)cc32)cc1C(=O)O. The van der Waals surface area contributed by atoms with Crippen molar-refractivity contribution in [2.75, 3.05) is 6.61 Å². The predicted molar refractivity (Wildman–Crippen MR) is 162 cm³/mol.